The van der Waals surface area contributed by atoms with Crippen LogP contribution in [-0.2, 0) is 6.54 Å². The van der Waals surface area contributed by atoms with Crippen molar-refractivity contribution < 1.29 is 14.6 Å². The molecule has 1 aliphatic rings. The Labute approximate surface area is 275 Å². The predicted octanol–water partition coefficient (Wildman–Crippen LogP) is 10.8. The van der Waals surface area contributed by atoms with Crippen LogP contribution >= 0.6 is 23.2 Å². The number of nitrogens with zero attached hydrogens (tertiary/aromatic N) is 2. The zero-order valence-corrected chi connectivity index (χ0v) is 27.4. The molecule has 0 amide bonds. The summed E-state index contributed by atoms with van der Waals surface area (Å²) in [6.45, 7) is 7.39. The first-order valence-corrected chi connectivity index (χ1v) is 16.0. The van der Waals surface area contributed by atoms with Crippen LogP contribution in [0.5, 0.6) is 5.75 Å². The molecule has 1 aliphatic carbocycles. The highest BCUT2D eigenvalue weighted by atomic mass is 35.5. The van der Waals surface area contributed by atoms with Gasteiger partial charge < -0.3 is 14.4 Å². The number of carboxylic acids is 1. The zero-order chi connectivity index (χ0) is 32.2. The number of rotatable bonds is 11. The lowest BCUT2D eigenvalue weighted by atomic mass is 10.1. The van der Waals surface area contributed by atoms with Gasteiger partial charge in [-0.2, -0.15) is 0 Å². The van der Waals surface area contributed by atoms with Gasteiger partial charge in [-0.05, 0) is 83.7 Å². The Morgan fingerprint density at radius 1 is 1.02 bits per heavy atom. The van der Waals surface area contributed by atoms with Crippen LogP contribution in [-0.4, -0.2) is 27.2 Å². The molecule has 4 aromatic rings. The molecule has 5 nitrogen and oxygen atoms in total. The molecular formula is C38H38Cl2N2O3. The molecule has 0 saturated heterocycles. The van der Waals surface area contributed by atoms with Gasteiger partial charge >= 0.3 is 5.97 Å². The highest BCUT2D eigenvalue weighted by Gasteiger charge is 2.13. The number of hydrogen-bond donors (Lipinski definition) is 1. The molecule has 0 saturated carbocycles. The summed E-state index contributed by atoms with van der Waals surface area (Å²) in [5.74, 6) is 0.682. The van der Waals surface area contributed by atoms with Crippen LogP contribution in [0.1, 0.15) is 67.3 Å². The molecule has 3 aromatic carbocycles. The van der Waals surface area contributed by atoms with Gasteiger partial charge in [0.25, 0.3) is 0 Å². The van der Waals surface area contributed by atoms with Gasteiger partial charge in [0.1, 0.15) is 11.6 Å². The molecule has 0 bridgehead atoms. The van der Waals surface area contributed by atoms with Crippen LogP contribution in [0.15, 0.2) is 109 Å². The third kappa shape index (κ3) is 9.34. The van der Waals surface area contributed by atoms with Crippen LogP contribution in [0.3, 0.4) is 0 Å². The van der Waals surface area contributed by atoms with Crippen molar-refractivity contribution in [1.82, 2.24) is 9.55 Å². The van der Waals surface area contributed by atoms with Crippen molar-refractivity contribution in [3.05, 3.63) is 141 Å². The number of imidazole rings is 1. The van der Waals surface area contributed by atoms with Gasteiger partial charge in [0.15, 0.2) is 0 Å². The van der Waals surface area contributed by atoms with E-state index < -0.39 is 5.97 Å². The molecule has 1 aromatic heterocycles. The molecule has 0 atom stereocenters. The van der Waals surface area contributed by atoms with E-state index in [9.17, 15) is 9.90 Å². The first kappa shape index (κ1) is 33.6. The van der Waals surface area contributed by atoms with E-state index in [4.69, 9.17) is 32.9 Å². The summed E-state index contributed by atoms with van der Waals surface area (Å²) >= 11 is 12.6. The lowest BCUT2D eigenvalue weighted by Crippen LogP contribution is -2.02. The highest BCUT2D eigenvalue weighted by molar-refractivity contribution is 6.36. The Hall–Kier alpha value is -4.32. The number of hydrogen-bond acceptors (Lipinski definition) is 3. The van der Waals surface area contributed by atoms with Gasteiger partial charge in [-0.3, -0.25) is 0 Å². The number of allylic oxidation sites excluding steroid dienone is 7. The van der Waals surface area contributed by atoms with Crippen molar-refractivity contribution in [2.24, 2.45) is 0 Å². The van der Waals surface area contributed by atoms with E-state index in [1.807, 2.05) is 61.0 Å². The second-order valence-corrected chi connectivity index (χ2v) is 11.1. The van der Waals surface area contributed by atoms with Crippen molar-refractivity contribution in [3.8, 4) is 17.0 Å². The van der Waals surface area contributed by atoms with Crippen molar-refractivity contribution in [3.63, 3.8) is 0 Å². The molecule has 0 radical (unpaired) electrons. The Bertz CT molecular complexity index is 1730. The lowest BCUT2D eigenvalue weighted by molar-refractivity contribution is 0.0697. The number of ether oxygens (including phenoxy) is 1. The molecule has 0 spiro atoms. The fourth-order valence-electron chi connectivity index (χ4n) is 4.71. The number of unbranched alkanes of at least 4 members (excludes halogenated alkanes) is 1. The maximum Gasteiger partial charge on any atom is 0.335 e. The smallest absolute Gasteiger partial charge is 0.335 e. The average molecular weight is 642 g/mol. The summed E-state index contributed by atoms with van der Waals surface area (Å²) in [6, 6.07) is 20.4. The largest absolute Gasteiger partial charge is 0.494 e. The molecule has 1 heterocycles. The average Bonchev–Trinajstić information content (AvgIpc) is 3.28. The quantitative estimate of drug-likeness (QED) is 0.166. The van der Waals surface area contributed by atoms with Crippen molar-refractivity contribution in [1.29, 1.82) is 0 Å². The van der Waals surface area contributed by atoms with Gasteiger partial charge in [-0.25, -0.2) is 9.78 Å². The Morgan fingerprint density at radius 3 is 2.56 bits per heavy atom. The normalized spacial score (nSPS) is 12.6. The van der Waals surface area contributed by atoms with E-state index >= 15 is 0 Å². The fraction of sp³-hybridized carbons (Fsp3) is 0.211. The summed E-state index contributed by atoms with van der Waals surface area (Å²) in [5.41, 5.74) is 6.08. The molecular weight excluding hydrogens is 603 g/mol. The number of carbonyl (C=O) groups is 1. The zero-order valence-electron chi connectivity index (χ0n) is 25.8. The summed E-state index contributed by atoms with van der Waals surface area (Å²) in [4.78, 5) is 16.2. The summed E-state index contributed by atoms with van der Waals surface area (Å²) in [5, 5.41) is 10.3. The summed E-state index contributed by atoms with van der Waals surface area (Å²) < 4.78 is 7.94. The molecule has 0 unspecified atom stereocenters. The maximum atomic E-state index is 11.3. The van der Waals surface area contributed by atoms with E-state index in [1.54, 1.807) is 24.3 Å². The Morgan fingerprint density at radius 2 is 1.82 bits per heavy atom. The van der Waals surface area contributed by atoms with Gasteiger partial charge in [-0.1, -0.05) is 105 Å². The van der Waals surface area contributed by atoms with Gasteiger partial charge in [-0.15, -0.1) is 0 Å². The molecule has 45 heavy (non-hydrogen) atoms. The molecule has 1 N–H and O–H groups in total. The van der Waals surface area contributed by atoms with Gasteiger partial charge in [0, 0.05) is 23.3 Å². The number of halogens is 2. The number of aromatic carboxylic acids is 1. The van der Waals surface area contributed by atoms with Crippen LogP contribution in [0.25, 0.3) is 22.9 Å². The van der Waals surface area contributed by atoms with E-state index in [0.717, 1.165) is 71.0 Å². The van der Waals surface area contributed by atoms with Crippen molar-refractivity contribution >= 4 is 40.8 Å². The Balaban J connectivity index is 0.00000226. The van der Waals surface area contributed by atoms with Crippen LogP contribution in [0.2, 0.25) is 10.0 Å². The SMILES string of the molecule is CC.CCCCOc1cccc(C2=CC=C(/C=C/c3nc(-c4ccc(Cl)cc4Cl)cn3Cc3ccc(C(=O)O)cc3)CC=C2)c1. The first-order valence-electron chi connectivity index (χ1n) is 15.2. The fourth-order valence-corrected chi connectivity index (χ4v) is 5.21. The summed E-state index contributed by atoms with van der Waals surface area (Å²) in [7, 11) is 0. The summed E-state index contributed by atoms with van der Waals surface area (Å²) in [6.07, 6.45) is 17.5. The minimum Gasteiger partial charge on any atom is -0.494 e. The van der Waals surface area contributed by atoms with E-state index in [0.29, 0.717) is 16.6 Å². The highest BCUT2D eigenvalue weighted by Crippen LogP contribution is 2.31. The number of carboxylic acid groups (broad SMARTS) is 1. The molecule has 232 valence electrons. The van der Waals surface area contributed by atoms with Crippen molar-refractivity contribution in [2.75, 3.05) is 6.61 Å². The van der Waals surface area contributed by atoms with Crippen LogP contribution < -0.4 is 4.74 Å². The second kappa shape index (κ2) is 16.7. The molecule has 5 rings (SSSR count). The van der Waals surface area contributed by atoms with E-state index in [-0.39, 0.29) is 5.56 Å². The minimum absolute atomic E-state index is 0.250. The van der Waals surface area contributed by atoms with Crippen LogP contribution in [0, 0.1) is 0 Å². The second-order valence-electron chi connectivity index (χ2n) is 10.3. The van der Waals surface area contributed by atoms with Gasteiger partial charge in [0.2, 0.25) is 0 Å². The van der Waals surface area contributed by atoms with Gasteiger partial charge in [0.05, 0.1) is 22.9 Å². The monoisotopic (exact) mass is 640 g/mol. The van der Waals surface area contributed by atoms with Crippen molar-refractivity contribution in [2.45, 2.75) is 46.6 Å². The topological polar surface area (TPSA) is 64.4 Å². The lowest BCUT2D eigenvalue weighted by Gasteiger charge is -2.08. The van der Waals surface area contributed by atoms with E-state index in [2.05, 4.69) is 49.4 Å². The predicted molar refractivity (Wildman–Crippen MR) is 187 cm³/mol. The van der Waals surface area contributed by atoms with E-state index in [1.165, 1.54) is 0 Å². The maximum absolute atomic E-state index is 11.3. The van der Waals surface area contributed by atoms with Crippen LogP contribution in [0.4, 0.5) is 0 Å². The number of aromatic nitrogens is 2. The third-order valence-electron chi connectivity index (χ3n) is 7.08. The minimum atomic E-state index is -0.951. The first-order chi connectivity index (χ1) is 21.9. The molecule has 0 aliphatic heterocycles. The Kier molecular flexibility index (Phi) is 12.4. The number of benzene rings is 3. The standard InChI is InChI=1S/C36H32Cl2N2O3.C2H6/c1-2-3-20-43-31-9-5-8-29(21-31)27-7-4-6-25(10-14-27)13-19-35-39-34(32-18-17-30(37)22-33(32)38)24-40(35)23-26-11-15-28(16-12-26)36(41)42;1-2/h4-5,7-19,21-22,24H,2-3,6,20,23H2,1H3,(H,41,42);1-2H3/b19-13+;. The molecule has 0 fully saturated rings. The molecule has 7 heteroatoms. The third-order valence-corrected chi connectivity index (χ3v) is 7.62.